The molecule has 3 rings (SSSR count). The van der Waals surface area contributed by atoms with Crippen LogP contribution in [0.1, 0.15) is 11.1 Å². The number of nitrogens with zero attached hydrogens (tertiary/aromatic N) is 1. The normalized spacial score (nSPS) is 21.9. The van der Waals surface area contributed by atoms with Crippen molar-refractivity contribution in [3.8, 4) is 0 Å². The number of aryl methyl sites for hydroxylation is 1. The summed E-state index contributed by atoms with van der Waals surface area (Å²) in [6, 6.07) is 5.88. The Balaban J connectivity index is 2.23. The van der Waals surface area contributed by atoms with E-state index in [9.17, 15) is 4.79 Å². The molecule has 1 fully saturated rings. The summed E-state index contributed by atoms with van der Waals surface area (Å²) in [6.45, 7) is 2.92. The van der Waals surface area contributed by atoms with Crippen LogP contribution in [-0.4, -0.2) is 26.2 Å². The molecule has 1 aromatic carbocycles. The second kappa shape index (κ2) is 3.06. The zero-order chi connectivity index (χ0) is 11.3. The highest BCUT2D eigenvalue weighted by Crippen LogP contribution is 2.45. The number of benzene rings is 1. The van der Waals surface area contributed by atoms with Gasteiger partial charge in [0.25, 0.3) is 11.7 Å². The Morgan fingerprint density at radius 1 is 1.31 bits per heavy atom. The maximum atomic E-state index is 12.2. The van der Waals surface area contributed by atoms with Crippen molar-refractivity contribution in [1.29, 1.82) is 0 Å². The van der Waals surface area contributed by atoms with E-state index in [0.29, 0.717) is 13.2 Å². The lowest BCUT2D eigenvalue weighted by molar-refractivity contribution is -0.180. The minimum absolute atomic E-state index is 0.134. The van der Waals surface area contributed by atoms with E-state index in [2.05, 4.69) is 0 Å². The lowest BCUT2D eigenvalue weighted by atomic mass is 10.0. The second-order valence-corrected chi connectivity index (χ2v) is 4.20. The molecule has 1 saturated heterocycles. The van der Waals surface area contributed by atoms with Gasteiger partial charge in [0.05, 0.1) is 18.9 Å². The van der Waals surface area contributed by atoms with Crippen LogP contribution in [-0.2, 0) is 20.1 Å². The van der Waals surface area contributed by atoms with Gasteiger partial charge >= 0.3 is 0 Å². The summed E-state index contributed by atoms with van der Waals surface area (Å²) in [5.41, 5.74) is 2.80. The standard InChI is InChI=1S/C12H13NO3/c1-8-3-4-10-9(7-8)12(11(14)13(10)2)15-5-6-16-12/h3-4,7H,5-6H2,1-2H3. The van der Waals surface area contributed by atoms with E-state index in [1.165, 1.54) is 0 Å². The molecule has 0 saturated carbocycles. The lowest BCUT2D eigenvalue weighted by Gasteiger charge is -2.20. The molecule has 4 nitrogen and oxygen atoms in total. The first-order valence-electron chi connectivity index (χ1n) is 5.32. The van der Waals surface area contributed by atoms with Gasteiger partial charge in [0.15, 0.2) is 0 Å². The zero-order valence-corrected chi connectivity index (χ0v) is 9.32. The highest BCUT2D eigenvalue weighted by molar-refractivity contribution is 6.05. The number of ether oxygens (including phenoxy) is 2. The van der Waals surface area contributed by atoms with Crippen molar-refractivity contribution >= 4 is 11.6 Å². The SMILES string of the molecule is Cc1ccc2c(c1)C1(OCCO1)C(=O)N2C. The molecule has 0 bridgehead atoms. The fourth-order valence-electron chi connectivity index (χ4n) is 2.34. The summed E-state index contributed by atoms with van der Waals surface area (Å²) >= 11 is 0. The van der Waals surface area contributed by atoms with Crippen molar-refractivity contribution in [3.05, 3.63) is 29.3 Å². The van der Waals surface area contributed by atoms with Gasteiger partial charge in [-0.2, -0.15) is 0 Å². The van der Waals surface area contributed by atoms with Crippen LogP contribution in [0.25, 0.3) is 0 Å². The molecule has 2 aliphatic rings. The Bertz CT molecular complexity index is 463. The van der Waals surface area contributed by atoms with Crippen molar-refractivity contribution < 1.29 is 14.3 Å². The number of hydrogen-bond acceptors (Lipinski definition) is 3. The molecule has 1 spiro atoms. The number of fused-ring (bicyclic) bond motifs is 2. The maximum absolute atomic E-state index is 12.2. The van der Waals surface area contributed by atoms with Gasteiger partial charge in [-0.15, -0.1) is 0 Å². The Hall–Kier alpha value is -1.39. The van der Waals surface area contributed by atoms with Crippen molar-refractivity contribution in [2.45, 2.75) is 12.7 Å². The van der Waals surface area contributed by atoms with Gasteiger partial charge in [0.2, 0.25) is 0 Å². The average molecular weight is 219 g/mol. The van der Waals surface area contributed by atoms with Crippen LogP contribution in [0.15, 0.2) is 18.2 Å². The highest BCUT2D eigenvalue weighted by Gasteiger charge is 2.54. The topological polar surface area (TPSA) is 38.8 Å². The zero-order valence-electron chi connectivity index (χ0n) is 9.32. The Labute approximate surface area is 93.8 Å². The lowest BCUT2D eigenvalue weighted by Crippen LogP contribution is -2.39. The first-order chi connectivity index (χ1) is 7.65. The van der Waals surface area contributed by atoms with Gasteiger partial charge in [-0.1, -0.05) is 11.6 Å². The molecule has 0 atom stereocenters. The van der Waals surface area contributed by atoms with Crippen molar-refractivity contribution in [2.75, 3.05) is 25.2 Å². The summed E-state index contributed by atoms with van der Waals surface area (Å²) in [6.07, 6.45) is 0. The summed E-state index contributed by atoms with van der Waals surface area (Å²) in [7, 11) is 1.75. The molecule has 0 aliphatic carbocycles. The molecule has 2 heterocycles. The smallest absolute Gasteiger partial charge is 0.292 e. The van der Waals surface area contributed by atoms with E-state index in [-0.39, 0.29) is 5.91 Å². The number of carbonyl (C=O) groups is 1. The van der Waals surface area contributed by atoms with Gasteiger partial charge in [-0.3, -0.25) is 4.79 Å². The Kier molecular flexibility index (Phi) is 1.87. The summed E-state index contributed by atoms with van der Waals surface area (Å²) in [4.78, 5) is 13.8. The number of amides is 1. The molecular weight excluding hydrogens is 206 g/mol. The van der Waals surface area contributed by atoms with E-state index in [4.69, 9.17) is 9.47 Å². The molecule has 84 valence electrons. The fourth-order valence-corrected chi connectivity index (χ4v) is 2.34. The number of likely N-dealkylation sites (N-methyl/N-ethyl adjacent to an activating group) is 1. The van der Waals surface area contributed by atoms with Gasteiger partial charge in [0.1, 0.15) is 0 Å². The highest BCUT2D eigenvalue weighted by atomic mass is 16.7. The van der Waals surface area contributed by atoms with Crippen molar-refractivity contribution in [3.63, 3.8) is 0 Å². The van der Waals surface area contributed by atoms with Crippen LogP contribution < -0.4 is 4.90 Å². The molecule has 1 amide bonds. The van der Waals surface area contributed by atoms with E-state index in [1.54, 1.807) is 11.9 Å². The number of rotatable bonds is 0. The molecule has 1 aromatic rings. The van der Waals surface area contributed by atoms with Crippen molar-refractivity contribution in [2.24, 2.45) is 0 Å². The largest absolute Gasteiger partial charge is 0.336 e. The second-order valence-electron chi connectivity index (χ2n) is 4.20. The van der Waals surface area contributed by atoms with Gasteiger partial charge in [-0.25, -0.2) is 0 Å². The average Bonchev–Trinajstić information content (AvgIpc) is 2.83. The first-order valence-corrected chi connectivity index (χ1v) is 5.32. The van der Waals surface area contributed by atoms with E-state index >= 15 is 0 Å². The summed E-state index contributed by atoms with van der Waals surface area (Å²) in [5.74, 6) is -1.30. The van der Waals surface area contributed by atoms with E-state index in [1.807, 2.05) is 25.1 Å². The predicted octanol–water partition coefficient (Wildman–Crippen LogP) is 1.17. The first kappa shape index (κ1) is 9.81. The third kappa shape index (κ3) is 1.03. The maximum Gasteiger partial charge on any atom is 0.292 e. The minimum Gasteiger partial charge on any atom is -0.336 e. The van der Waals surface area contributed by atoms with Crippen LogP contribution in [0, 0.1) is 6.92 Å². The van der Waals surface area contributed by atoms with Crippen LogP contribution in [0.2, 0.25) is 0 Å². The van der Waals surface area contributed by atoms with Crippen LogP contribution in [0.5, 0.6) is 0 Å². The molecule has 16 heavy (non-hydrogen) atoms. The van der Waals surface area contributed by atoms with Crippen LogP contribution in [0.4, 0.5) is 5.69 Å². The molecule has 4 heteroatoms. The summed E-state index contributed by atoms with van der Waals surface area (Å²) in [5, 5.41) is 0. The van der Waals surface area contributed by atoms with Gasteiger partial charge in [-0.05, 0) is 19.1 Å². The number of hydrogen-bond donors (Lipinski definition) is 0. The van der Waals surface area contributed by atoms with Gasteiger partial charge in [0, 0.05) is 12.6 Å². The third-order valence-electron chi connectivity index (χ3n) is 3.15. The molecular formula is C12H13NO3. The van der Waals surface area contributed by atoms with Crippen molar-refractivity contribution in [1.82, 2.24) is 0 Å². The summed E-state index contributed by atoms with van der Waals surface area (Å²) < 4.78 is 11.1. The molecule has 2 aliphatic heterocycles. The van der Waals surface area contributed by atoms with Gasteiger partial charge < -0.3 is 14.4 Å². The molecule has 0 aromatic heterocycles. The van der Waals surface area contributed by atoms with Crippen LogP contribution >= 0.6 is 0 Å². The predicted molar refractivity (Wildman–Crippen MR) is 58.2 cm³/mol. The quantitative estimate of drug-likeness (QED) is 0.657. The Morgan fingerprint density at radius 3 is 2.69 bits per heavy atom. The minimum atomic E-state index is -1.17. The van der Waals surface area contributed by atoms with Crippen LogP contribution in [0.3, 0.4) is 0 Å². The molecule has 0 N–H and O–H groups in total. The Morgan fingerprint density at radius 2 is 2.00 bits per heavy atom. The third-order valence-corrected chi connectivity index (χ3v) is 3.15. The fraction of sp³-hybridized carbons (Fsp3) is 0.417. The molecule has 0 radical (unpaired) electrons. The van der Waals surface area contributed by atoms with E-state index < -0.39 is 5.79 Å². The number of carbonyl (C=O) groups excluding carboxylic acids is 1. The monoisotopic (exact) mass is 219 g/mol. The molecule has 0 unspecified atom stereocenters. The van der Waals surface area contributed by atoms with E-state index in [0.717, 1.165) is 16.8 Å². The number of anilines is 1.